The maximum Gasteiger partial charge on any atom is 0.269 e. The monoisotopic (exact) mass is 356 g/mol. The number of ether oxygens (including phenoxy) is 1. The molecule has 0 aliphatic heterocycles. The van der Waals surface area contributed by atoms with E-state index in [0.29, 0.717) is 16.9 Å². The number of hydrogen-bond donors (Lipinski definition) is 2. The molecule has 0 heterocycles. The van der Waals surface area contributed by atoms with E-state index in [-0.39, 0.29) is 24.6 Å². The van der Waals surface area contributed by atoms with Crippen molar-refractivity contribution in [3.63, 3.8) is 0 Å². The molecule has 3 N–H and O–H groups in total. The van der Waals surface area contributed by atoms with Gasteiger partial charge in [0.1, 0.15) is 5.75 Å². The van der Waals surface area contributed by atoms with Crippen LogP contribution in [0.3, 0.4) is 0 Å². The molecule has 0 saturated heterocycles. The Kier molecular flexibility index (Phi) is 6.38. The van der Waals surface area contributed by atoms with Crippen LogP contribution >= 0.6 is 0 Å². The van der Waals surface area contributed by atoms with Crippen LogP contribution in [0.25, 0.3) is 0 Å². The Balaban J connectivity index is 1.82. The van der Waals surface area contributed by atoms with E-state index in [2.05, 4.69) is 10.5 Å². The molecule has 134 valence electrons. The van der Waals surface area contributed by atoms with Crippen LogP contribution in [-0.2, 0) is 16.0 Å². The number of amides is 2. The number of nitro benzene ring substituents is 1. The number of nitro groups is 1. The predicted molar refractivity (Wildman–Crippen MR) is 93.7 cm³/mol. The third kappa shape index (κ3) is 6.04. The second-order valence-corrected chi connectivity index (χ2v) is 5.22. The zero-order valence-corrected chi connectivity index (χ0v) is 13.6. The number of rotatable bonds is 8. The Bertz CT molecular complexity index is 816. The largest absolute Gasteiger partial charge is 0.484 e. The van der Waals surface area contributed by atoms with Crippen molar-refractivity contribution >= 4 is 23.7 Å². The number of nitrogens with two attached hydrogens (primary N) is 1. The normalized spacial score (nSPS) is 10.5. The Morgan fingerprint density at radius 1 is 1.15 bits per heavy atom. The molecule has 9 heteroatoms. The zero-order valence-electron chi connectivity index (χ0n) is 13.6. The van der Waals surface area contributed by atoms with E-state index in [1.807, 2.05) is 0 Å². The summed E-state index contributed by atoms with van der Waals surface area (Å²) in [5.74, 6) is -0.425. The van der Waals surface area contributed by atoms with Crippen LogP contribution in [0.15, 0.2) is 53.6 Å². The average Bonchev–Trinajstić information content (AvgIpc) is 2.61. The van der Waals surface area contributed by atoms with Crippen molar-refractivity contribution in [3.8, 4) is 5.75 Å². The Hall–Kier alpha value is -3.75. The fourth-order valence-corrected chi connectivity index (χ4v) is 1.94. The number of carbonyl (C=O) groups excluding carboxylic acids is 2. The smallest absolute Gasteiger partial charge is 0.269 e. The summed E-state index contributed by atoms with van der Waals surface area (Å²) >= 11 is 0. The highest BCUT2D eigenvalue weighted by Gasteiger charge is 2.06. The van der Waals surface area contributed by atoms with Gasteiger partial charge >= 0.3 is 0 Å². The van der Waals surface area contributed by atoms with Crippen LogP contribution in [0, 0.1) is 10.1 Å². The van der Waals surface area contributed by atoms with E-state index in [1.54, 1.807) is 24.3 Å². The maximum absolute atomic E-state index is 11.8. The first-order valence-electron chi connectivity index (χ1n) is 7.50. The average molecular weight is 356 g/mol. The minimum absolute atomic E-state index is 0.0320. The van der Waals surface area contributed by atoms with Crippen molar-refractivity contribution in [3.05, 3.63) is 69.8 Å². The first kappa shape index (κ1) is 18.6. The molecule has 2 amide bonds. The van der Waals surface area contributed by atoms with Gasteiger partial charge in [0.15, 0.2) is 6.61 Å². The van der Waals surface area contributed by atoms with Crippen molar-refractivity contribution in [2.45, 2.75) is 6.42 Å². The maximum atomic E-state index is 11.8. The van der Waals surface area contributed by atoms with Crippen LogP contribution in [0.1, 0.15) is 11.1 Å². The van der Waals surface area contributed by atoms with E-state index in [9.17, 15) is 19.7 Å². The molecule has 0 radical (unpaired) electrons. The second-order valence-electron chi connectivity index (χ2n) is 5.22. The molecule has 0 saturated carbocycles. The fraction of sp³-hybridized carbons (Fsp3) is 0.118. The number of carbonyl (C=O) groups is 2. The minimum atomic E-state index is -0.564. The first-order valence-corrected chi connectivity index (χ1v) is 7.50. The number of non-ortho nitro benzene ring substituents is 1. The molecule has 0 aliphatic rings. The number of primary amides is 1. The van der Waals surface area contributed by atoms with Gasteiger partial charge in [-0.2, -0.15) is 5.10 Å². The van der Waals surface area contributed by atoms with Gasteiger partial charge in [0.2, 0.25) is 5.91 Å². The Labute approximate surface area is 148 Å². The summed E-state index contributed by atoms with van der Waals surface area (Å²) in [6, 6.07) is 12.4. The van der Waals surface area contributed by atoms with Crippen molar-refractivity contribution in [1.82, 2.24) is 5.43 Å². The molecular weight excluding hydrogens is 340 g/mol. The van der Waals surface area contributed by atoms with Gasteiger partial charge in [0.05, 0.1) is 17.6 Å². The molecule has 0 aliphatic carbocycles. The highest BCUT2D eigenvalue weighted by molar-refractivity contribution is 5.83. The van der Waals surface area contributed by atoms with Gasteiger partial charge in [-0.15, -0.1) is 0 Å². The molecule has 0 aromatic heterocycles. The van der Waals surface area contributed by atoms with Gasteiger partial charge in [-0.1, -0.05) is 12.1 Å². The molecule has 9 nitrogen and oxygen atoms in total. The molecule has 0 unspecified atom stereocenters. The fourth-order valence-electron chi connectivity index (χ4n) is 1.94. The van der Waals surface area contributed by atoms with Gasteiger partial charge in [-0.05, 0) is 35.4 Å². The SMILES string of the molecule is NC(=O)COc1ccc(/C=N\NC(=O)Cc2ccc([N+](=O)[O-])cc2)cc1. The predicted octanol–water partition coefficient (Wildman–Crippen LogP) is 1.15. The third-order valence-electron chi connectivity index (χ3n) is 3.18. The van der Waals surface area contributed by atoms with Crippen LogP contribution in [0.2, 0.25) is 0 Å². The number of nitrogens with zero attached hydrogens (tertiary/aromatic N) is 2. The summed E-state index contributed by atoms with van der Waals surface area (Å²) in [6.07, 6.45) is 1.50. The highest BCUT2D eigenvalue weighted by atomic mass is 16.6. The van der Waals surface area contributed by atoms with Crippen molar-refractivity contribution in [2.24, 2.45) is 10.8 Å². The lowest BCUT2D eigenvalue weighted by molar-refractivity contribution is -0.384. The van der Waals surface area contributed by atoms with E-state index < -0.39 is 10.8 Å². The molecule has 26 heavy (non-hydrogen) atoms. The summed E-state index contributed by atoms with van der Waals surface area (Å²) in [6.45, 7) is -0.202. The van der Waals surface area contributed by atoms with Crippen molar-refractivity contribution in [2.75, 3.05) is 6.61 Å². The number of nitrogens with one attached hydrogen (secondary N) is 1. The van der Waals surface area contributed by atoms with E-state index in [4.69, 9.17) is 10.5 Å². The van der Waals surface area contributed by atoms with E-state index >= 15 is 0 Å². The van der Waals surface area contributed by atoms with E-state index in [0.717, 1.165) is 0 Å². The standard InChI is InChI=1S/C17H16N4O5/c18-16(22)11-26-15-7-3-13(4-8-15)10-19-20-17(23)9-12-1-5-14(6-2-12)21(24)25/h1-8,10H,9,11H2,(H2,18,22)(H,20,23)/b19-10-. The van der Waals surface area contributed by atoms with Crippen molar-refractivity contribution < 1.29 is 19.2 Å². The molecule has 0 spiro atoms. The van der Waals surface area contributed by atoms with Crippen molar-refractivity contribution in [1.29, 1.82) is 0 Å². The Morgan fingerprint density at radius 2 is 1.81 bits per heavy atom. The van der Waals surface area contributed by atoms with Gasteiger partial charge in [-0.25, -0.2) is 5.43 Å². The minimum Gasteiger partial charge on any atom is -0.484 e. The molecular formula is C17H16N4O5. The number of benzene rings is 2. The molecule has 2 aromatic rings. The lowest BCUT2D eigenvalue weighted by atomic mass is 10.1. The first-order chi connectivity index (χ1) is 12.4. The van der Waals surface area contributed by atoms with Crippen LogP contribution < -0.4 is 15.9 Å². The molecule has 0 fully saturated rings. The van der Waals surface area contributed by atoms with Gasteiger partial charge in [-0.3, -0.25) is 19.7 Å². The lowest BCUT2D eigenvalue weighted by Crippen LogP contribution is -2.20. The quantitative estimate of drug-likeness (QED) is 0.415. The zero-order chi connectivity index (χ0) is 18.9. The third-order valence-corrected chi connectivity index (χ3v) is 3.18. The van der Waals surface area contributed by atoms with E-state index in [1.165, 1.54) is 30.5 Å². The molecule has 0 atom stereocenters. The van der Waals surface area contributed by atoms with Gasteiger partial charge in [0.25, 0.3) is 11.6 Å². The number of hydrazone groups is 1. The molecule has 2 aromatic carbocycles. The van der Waals surface area contributed by atoms with Crippen LogP contribution in [0.4, 0.5) is 5.69 Å². The summed E-state index contributed by atoms with van der Waals surface area (Å²) in [7, 11) is 0. The van der Waals surface area contributed by atoms with Crippen LogP contribution in [0.5, 0.6) is 5.75 Å². The summed E-state index contributed by atoms with van der Waals surface area (Å²) < 4.78 is 5.12. The summed E-state index contributed by atoms with van der Waals surface area (Å²) in [5, 5.41) is 14.4. The Morgan fingerprint density at radius 3 is 2.38 bits per heavy atom. The lowest BCUT2D eigenvalue weighted by Gasteiger charge is -2.03. The highest BCUT2D eigenvalue weighted by Crippen LogP contribution is 2.12. The van der Waals surface area contributed by atoms with Gasteiger partial charge < -0.3 is 10.5 Å². The molecule has 0 bridgehead atoms. The second kappa shape index (κ2) is 8.92. The molecule has 2 rings (SSSR count). The van der Waals surface area contributed by atoms with Gasteiger partial charge in [0, 0.05) is 12.1 Å². The summed E-state index contributed by atoms with van der Waals surface area (Å²) in [5.41, 5.74) is 8.68. The number of hydrogen-bond acceptors (Lipinski definition) is 6. The van der Waals surface area contributed by atoms with Crippen LogP contribution in [-0.4, -0.2) is 29.6 Å². The topological polar surface area (TPSA) is 137 Å². The summed E-state index contributed by atoms with van der Waals surface area (Å²) in [4.78, 5) is 32.5.